The number of carbonyl (C=O) groups excluding carboxylic acids is 1. The summed E-state index contributed by atoms with van der Waals surface area (Å²) in [5.74, 6) is 0.339. The molecule has 1 atom stereocenters. The highest BCUT2D eigenvalue weighted by Gasteiger charge is 2.32. The summed E-state index contributed by atoms with van der Waals surface area (Å²) in [5.41, 5.74) is 3.52. The second-order valence-corrected chi connectivity index (χ2v) is 8.01. The summed E-state index contributed by atoms with van der Waals surface area (Å²) >= 11 is 12.1. The van der Waals surface area contributed by atoms with Crippen molar-refractivity contribution in [3.05, 3.63) is 63.6 Å². The van der Waals surface area contributed by atoms with Crippen LogP contribution in [0.5, 0.6) is 0 Å². The van der Waals surface area contributed by atoms with E-state index in [0.29, 0.717) is 10.0 Å². The molecule has 26 heavy (non-hydrogen) atoms. The van der Waals surface area contributed by atoms with Crippen LogP contribution in [0.25, 0.3) is 0 Å². The normalized spacial score (nSPS) is 20.2. The Bertz CT molecular complexity index is 823. The Balaban J connectivity index is 1.43. The van der Waals surface area contributed by atoms with E-state index in [0.717, 1.165) is 56.7 Å². The molecule has 1 unspecified atom stereocenters. The van der Waals surface area contributed by atoms with Crippen LogP contribution in [0, 0.1) is 5.92 Å². The number of likely N-dealkylation sites (tertiary alicyclic amines) is 1. The number of benzene rings is 2. The molecule has 136 valence electrons. The standard InChI is InChI=1S/C21H22Cl2N2O/c22-18-8-7-15(12-19(18)23)13-24-10-3-5-17(14-24)21(26)25-11-9-16-4-1-2-6-20(16)25/h1-2,4,6-8,12,17H,3,5,9-11,13-14H2. The number of hydrogen-bond donors (Lipinski definition) is 0. The zero-order valence-corrected chi connectivity index (χ0v) is 16.1. The number of fused-ring (bicyclic) bond motifs is 1. The fourth-order valence-electron chi connectivity index (χ4n) is 4.08. The molecule has 2 aromatic rings. The van der Waals surface area contributed by atoms with Crippen LogP contribution in [0.2, 0.25) is 10.0 Å². The second-order valence-electron chi connectivity index (χ2n) is 7.19. The average molecular weight is 389 g/mol. The highest BCUT2D eigenvalue weighted by molar-refractivity contribution is 6.42. The van der Waals surface area contributed by atoms with Crippen molar-refractivity contribution in [3.8, 4) is 0 Å². The van der Waals surface area contributed by atoms with Gasteiger partial charge >= 0.3 is 0 Å². The first kappa shape index (κ1) is 17.8. The Hall–Kier alpha value is -1.55. The second kappa shape index (κ2) is 7.59. The third kappa shape index (κ3) is 3.62. The Morgan fingerprint density at radius 3 is 2.77 bits per heavy atom. The Morgan fingerprint density at radius 1 is 1.08 bits per heavy atom. The number of hydrogen-bond acceptors (Lipinski definition) is 2. The summed E-state index contributed by atoms with van der Waals surface area (Å²) in [5, 5.41) is 1.16. The van der Waals surface area contributed by atoms with Gasteiger partial charge in [-0.25, -0.2) is 0 Å². The molecule has 0 spiro atoms. The van der Waals surface area contributed by atoms with E-state index in [9.17, 15) is 4.79 Å². The van der Waals surface area contributed by atoms with E-state index in [1.54, 1.807) is 0 Å². The summed E-state index contributed by atoms with van der Waals surface area (Å²) in [6.07, 6.45) is 2.98. The Kier molecular flexibility index (Phi) is 5.21. The van der Waals surface area contributed by atoms with Crippen molar-refractivity contribution in [2.45, 2.75) is 25.8 Å². The van der Waals surface area contributed by atoms with Crippen LogP contribution in [0.3, 0.4) is 0 Å². The van der Waals surface area contributed by atoms with Gasteiger partial charge in [0.25, 0.3) is 0 Å². The molecule has 2 aliphatic heterocycles. The van der Waals surface area contributed by atoms with Crippen LogP contribution in [0.1, 0.15) is 24.0 Å². The summed E-state index contributed by atoms with van der Waals surface area (Å²) in [6, 6.07) is 14.0. The maximum atomic E-state index is 13.1. The third-order valence-corrected chi connectivity index (χ3v) is 6.14. The minimum absolute atomic E-state index is 0.0673. The van der Waals surface area contributed by atoms with Crippen molar-refractivity contribution < 1.29 is 4.79 Å². The third-order valence-electron chi connectivity index (χ3n) is 5.40. The van der Waals surface area contributed by atoms with Gasteiger partial charge in [0.1, 0.15) is 0 Å². The van der Waals surface area contributed by atoms with Crippen molar-refractivity contribution in [1.82, 2.24) is 4.90 Å². The van der Waals surface area contributed by atoms with Crippen molar-refractivity contribution >= 4 is 34.8 Å². The molecule has 0 aliphatic carbocycles. The molecule has 4 rings (SSSR count). The zero-order chi connectivity index (χ0) is 18.1. The topological polar surface area (TPSA) is 23.6 Å². The molecular formula is C21H22Cl2N2O. The molecule has 1 amide bonds. The SMILES string of the molecule is O=C(C1CCCN(Cc2ccc(Cl)c(Cl)c2)C1)N1CCc2ccccc21. The lowest BCUT2D eigenvalue weighted by molar-refractivity contribution is -0.124. The first-order valence-corrected chi connectivity index (χ1v) is 9.93. The van der Waals surface area contributed by atoms with Crippen molar-refractivity contribution in [2.24, 2.45) is 5.92 Å². The van der Waals surface area contributed by atoms with Crippen molar-refractivity contribution in [3.63, 3.8) is 0 Å². The van der Waals surface area contributed by atoms with Crippen molar-refractivity contribution in [2.75, 3.05) is 24.5 Å². The zero-order valence-electron chi connectivity index (χ0n) is 14.6. The lowest BCUT2D eigenvalue weighted by atomic mass is 9.96. The largest absolute Gasteiger partial charge is 0.312 e. The number of carbonyl (C=O) groups is 1. The molecule has 5 heteroatoms. The first-order chi connectivity index (χ1) is 12.6. The number of halogens is 2. The smallest absolute Gasteiger partial charge is 0.231 e. The van der Waals surface area contributed by atoms with Crippen LogP contribution in [-0.2, 0) is 17.8 Å². The summed E-state index contributed by atoms with van der Waals surface area (Å²) in [6.45, 7) is 3.43. The predicted octanol–water partition coefficient (Wildman–Crippen LogP) is 4.79. The molecule has 2 aliphatic rings. The molecule has 0 aromatic heterocycles. The van der Waals surface area contributed by atoms with E-state index >= 15 is 0 Å². The lowest BCUT2D eigenvalue weighted by Gasteiger charge is -2.34. The van der Waals surface area contributed by atoms with Gasteiger partial charge in [-0.3, -0.25) is 9.69 Å². The quantitative estimate of drug-likeness (QED) is 0.753. The highest BCUT2D eigenvalue weighted by Crippen LogP contribution is 2.31. The summed E-state index contributed by atoms with van der Waals surface area (Å²) < 4.78 is 0. The molecule has 1 fully saturated rings. The average Bonchev–Trinajstić information content (AvgIpc) is 3.08. The minimum atomic E-state index is 0.0673. The summed E-state index contributed by atoms with van der Waals surface area (Å²) in [7, 11) is 0. The van der Waals surface area contributed by atoms with Gasteiger partial charge in [0.15, 0.2) is 0 Å². The molecule has 2 aromatic carbocycles. The van der Waals surface area contributed by atoms with E-state index in [1.807, 2.05) is 35.2 Å². The van der Waals surface area contributed by atoms with E-state index in [2.05, 4.69) is 17.0 Å². The van der Waals surface area contributed by atoms with Gasteiger partial charge < -0.3 is 4.90 Å². The Morgan fingerprint density at radius 2 is 1.92 bits per heavy atom. The number of rotatable bonds is 3. The maximum Gasteiger partial charge on any atom is 0.231 e. The molecule has 1 saturated heterocycles. The minimum Gasteiger partial charge on any atom is -0.312 e. The fourth-order valence-corrected chi connectivity index (χ4v) is 4.41. The number of piperidine rings is 1. The van der Waals surface area contributed by atoms with Crippen LogP contribution >= 0.6 is 23.2 Å². The molecule has 0 radical (unpaired) electrons. The number of nitrogens with zero attached hydrogens (tertiary/aromatic N) is 2. The van der Waals surface area contributed by atoms with Crippen molar-refractivity contribution in [1.29, 1.82) is 0 Å². The van der Waals surface area contributed by atoms with E-state index in [-0.39, 0.29) is 11.8 Å². The van der Waals surface area contributed by atoms with Crippen LogP contribution < -0.4 is 4.90 Å². The van der Waals surface area contributed by atoms with Gasteiger partial charge in [-0.2, -0.15) is 0 Å². The van der Waals surface area contributed by atoms with E-state index < -0.39 is 0 Å². The van der Waals surface area contributed by atoms with Crippen LogP contribution in [-0.4, -0.2) is 30.4 Å². The molecule has 0 bridgehead atoms. The molecule has 0 saturated carbocycles. The predicted molar refractivity (Wildman–Crippen MR) is 107 cm³/mol. The van der Waals surface area contributed by atoms with E-state index in [4.69, 9.17) is 23.2 Å². The van der Waals surface area contributed by atoms with Gasteiger partial charge in [0, 0.05) is 25.3 Å². The first-order valence-electron chi connectivity index (χ1n) is 9.17. The summed E-state index contributed by atoms with van der Waals surface area (Å²) in [4.78, 5) is 17.5. The van der Waals surface area contributed by atoms with Gasteiger partial charge in [-0.05, 0) is 55.1 Å². The van der Waals surface area contributed by atoms with Gasteiger partial charge in [-0.1, -0.05) is 47.5 Å². The Labute approximate surface area is 164 Å². The number of anilines is 1. The molecule has 2 heterocycles. The van der Waals surface area contributed by atoms with Gasteiger partial charge in [-0.15, -0.1) is 0 Å². The van der Waals surface area contributed by atoms with E-state index in [1.165, 1.54) is 5.56 Å². The van der Waals surface area contributed by atoms with Gasteiger partial charge in [0.2, 0.25) is 5.91 Å². The molecular weight excluding hydrogens is 367 g/mol. The number of amides is 1. The monoisotopic (exact) mass is 388 g/mol. The fraction of sp³-hybridized carbons (Fsp3) is 0.381. The molecule has 3 nitrogen and oxygen atoms in total. The maximum absolute atomic E-state index is 13.1. The lowest BCUT2D eigenvalue weighted by Crippen LogP contribution is -2.44. The number of para-hydroxylation sites is 1. The molecule has 0 N–H and O–H groups in total. The van der Waals surface area contributed by atoms with Crippen LogP contribution in [0.15, 0.2) is 42.5 Å². The van der Waals surface area contributed by atoms with Gasteiger partial charge in [0.05, 0.1) is 16.0 Å². The highest BCUT2D eigenvalue weighted by atomic mass is 35.5. The van der Waals surface area contributed by atoms with Crippen LogP contribution in [0.4, 0.5) is 5.69 Å².